The zero-order valence-electron chi connectivity index (χ0n) is 10.7. The van der Waals surface area contributed by atoms with E-state index in [1.807, 2.05) is 0 Å². The second-order valence-electron chi connectivity index (χ2n) is 5.77. The minimum atomic E-state index is 0.108. The predicted octanol–water partition coefficient (Wildman–Crippen LogP) is 3.70. The zero-order chi connectivity index (χ0) is 11.9. The van der Waals surface area contributed by atoms with Crippen molar-refractivity contribution >= 4 is 11.3 Å². The highest BCUT2D eigenvalue weighted by atomic mass is 32.1. The first-order valence-corrected chi connectivity index (χ1v) is 7.04. The summed E-state index contributed by atoms with van der Waals surface area (Å²) in [6.07, 6.45) is 2.39. The molecule has 1 fully saturated rings. The third-order valence-electron chi connectivity index (χ3n) is 3.95. The monoisotopic (exact) mass is 238 g/mol. The normalized spacial score (nSPS) is 26.4. The van der Waals surface area contributed by atoms with Gasteiger partial charge in [0, 0.05) is 11.3 Å². The minimum Gasteiger partial charge on any atom is -0.322 e. The molecule has 0 amide bonds. The van der Waals surface area contributed by atoms with E-state index in [2.05, 4.69) is 33.1 Å². The number of nitrogens with two attached hydrogens (primary N) is 1. The molecule has 0 aromatic carbocycles. The fourth-order valence-corrected chi connectivity index (χ4v) is 3.22. The van der Waals surface area contributed by atoms with Gasteiger partial charge in [0.2, 0.25) is 0 Å². The SMILES string of the molecule is CCC(C)C(N)c1csc(C2CC2(C)C)n1. The van der Waals surface area contributed by atoms with Crippen LogP contribution in [0.4, 0.5) is 0 Å². The lowest BCUT2D eigenvalue weighted by Crippen LogP contribution is -2.18. The van der Waals surface area contributed by atoms with Crippen LogP contribution in [0.3, 0.4) is 0 Å². The molecule has 3 atom stereocenters. The van der Waals surface area contributed by atoms with Gasteiger partial charge >= 0.3 is 0 Å². The van der Waals surface area contributed by atoms with Crippen molar-refractivity contribution in [1.82, 2.24) is 4.98 Å². The summed E-state index contributed by atoms with van der Waals surface area (Å²) >= 11 is 1.79. The van der Waals surface area contributed by atoms with Gasteiger partial charge in [-0.3, -0.25) is 0 Å². The van der Waals surface area contributed by atoms with Gasteiger partial charge in [-0.05, 0) is 17.8 Å². The Labute approximate surface area is 102 Å². The number of thiazole rings is 1. The average Bonchev–Trinajstić information content (AvgIpc) is 2.68. The van der Waals surface area contributed by atoms with Gasteiger partial charge in [0.05, 0.1) is 16.7 Å². The first kappa shape index (κ1) is 12.1. The van der Waals surface area contributed by atoms with Gasteiger partial charge < -0.3 is 5.73 Å². The van der Waals surface area contributed by atoms with Crippen molar-refractivity contribution in [2.75, 3.05) is 0 Å². The Morgan fingerprint density at radius 2 is 2.25 bits per heavy atom. The molecule has 16 heavy (non-hydrogen) atoms. The molecule has 1 aliphatic carbocycles. The molecule has 0 aliphatic heterocycles. The number of hydrogen-bond donors (Lipinski definition) is 1. The Morgan fingerprint density at radius 1 is 1.62 bits per heavy atom. The molecule has 1 saturated carbocycles. The molecule has 3 heteroatoms. The van der Waals surface area contributed by atoms with E-state index in [4.69, 9.17) is 10.7 Å². The Hall–Kier alpha value is -0.410. The van der Waals surface area contributed by atoms with E-state index in [0.29, 0.717) is 17.3 Å². The summed E-state index contributed by atoms with van der Waals surface area (Å²) in [6, 6.07) is 0.108. The van der Waals surface area contributed by atoms with Crippen LogP contribution in [-0.4, -0.2) is 4.98 Å². The van der Waals surface area contributed by atoms with Gasteiger partial charge in [0.15, 0.2) is 0 Å². The molecular formula is C13H22N2S. The maximum Gasteiger partial charge on any atom is 0.0965 e. The highest BCUT2D eigenvalue weighted by Crippen LogP contribution is 2.59. The van der Waals surface area contributed by atoms with Crippen LogP contribution in [0.1, 0.15) is 63.2 Å². The van der Waals surface area contributed by atoms with Crippen molar-refractivity contribution in [1.29, 1.82) is 0 Å². The Morgan fingerprint density at radius 3 is 2.75 bits per heavy atom. The molecule has 0 radical (unpaired) electrons. The van der Waals surface area contributed by atoms with Gasteiger partial charge in [-0.2, -0.15) is 0 Å². The highest BCUT2D eigenvalue weighted by molar-refractivity contribution is 7.09. The smallest absolute Gasteiger partial charge is 0.0965 e. The predicted molar refractivity (Wildman–Crippen MR) is 69.6 cm³/mol. The Kier molecular flexibility index (Phi) is 3.10. The molecule has 0 spiro atoms. The van der Waals surface area contributed by atoms with Crippen LogP contribution in [0.25, 0.3) is 0 Å². The second-order valence-corrected chi connectivity index (χ2v) is 6.66. The van der Waals surface area contributed by atoms with Crippen LogP contribution in [0.15, 0.2) is 5.38 Å². The van der Waals surface area contributed by atoms with Crippen molar-refractivity contribution in [2.45, 2.75) is 52.5 Å². The minimum absolute atomic E-state index is 0.108. The van der Waals surface area contributed by atoms with Crippen LogP contribution >= 0.6 is 11.3 Å². The molecule has 1 heterocycles. The van der Waals surface area contributed by atoms with E-state index in [1.165, 1.54) is 11.4 Å². The lowest BCUT2D eigenvalue weighted by atomic mass is 9.98. The molecule has 2 N–H and O–H groups in total. The number of aromatic nitrogens is 1. The molecule has 1 aromatic heterocycles. The maximum absolute atomic E-state index is 6.19. The van der Waals surface area contributed by atoms with Gasteiger partial charge in [-0.15, -0.1) is 11.3 Å². The molecule has 2 nitrogen and oxygen atoms in total. The van der Waals surface area contributed by atoms with E-state index in [-0.39, 0.29) is 6.04 Å². The molecule has 1 aliphatic rings. The largest absolute Gasteiger partial charge is 0.322 e. The fraction of sp³-hybridized carbons (Fsp3) is 0.769. The summed E-state index contributed by atoms with van der Waals surface area (Å²) in [7, 11) is 0. The van der Waals surface area contributed by atoms with Gasteiger partial charge in [0.25, 0.3) is 0 Å². The first-order chi connectivity index (χ1) is 7.45. The van der Waals surface area contributed by atoms with Crippen molar-refractivity contribution in [3.05, 3.63) is 16.1 Å². The Bertz CT molecular complexity index is 370. The number of hydrogen-bond acceptors (Lipinski definition) is 3. The standard InChI is InChI=1S/C13H22N2S/c1-5-8(2)11(14)10-7-16-12(15-10)9-6-13(9,3)4/h7-9,11H,5-6,14H2,1-4H3. The molecule has 90 valence electrons. The first-order valence-electron chi connectivity index (χ1n) is 6.16. The summed E-state index contributed by atoms with van der Waals surface area (Å²) in [5, 5.41) is 3.44. The summed E-state index contributed by atoms with van der Waals surface area (Å²) < 4.78 is 0. The molecule has 2 rings (SSSR count). The highest BCUT2D eigenvalue weighted by Gasteiger charge is 2.48. The topological polar surface area (TPSA) is 38.9 Å². The van der Waals surface area contributed by atoms with Crippen LogP contribution in [0.5, 0.6) is 0 Å². The maximum atomic E-state index is 6.19. The van der Waals surface area contributed by atoms with Crippen LogP contribution in [0, 0.1) is 11.3 Å². The zero-order valence-corrected chi connectivity index (χ0v) is 11.5. The lowest BCUT2D eigenvalue weighted by molar-refractivity contribution is 0.449. The van der Waals surface area contributed by atoms with E-state index in [1.54, 1.807) is 11.3 Å². The van der Waals surface area contributed by atoms with Crippen LogP contribution < -0.4 is 5.73 Å². The quantitative estimate of drug-likeness (QED) is 0.868. The van der Waals surface area contributed by atoms with Crippen LogP contribution in [0.2, 0.25) is 0 Å². The van der Waals surface area contributed by atoms with E-state index in [0.717, 1.165) is 12.1 Å². The van der Waals surface area contributed by atoms with E-state index < -0.39 is 0 Å². The second kappa shape index (κ2) is 4.11. The molecule has 0 bridgehead atoms. The summed E-state index contributed by atoms with van der Waals surface area (Å²) in [6.45, 7) is 9.01. The van der Waals surface area contributed by atoms with E-state index in [9.17, 15) is 0 Å². The molecule has 3 unspecified atom stereocenters. The van der Waals surface area contributed by atoms with Crippen molar-refractivity contribution < 1.29 is 0 Å². The third-order valence-corrected chi connectivity index (χ3v) is 4.93. The van der Waals surface area contributed by atoms with Crippen molar-refractivity contribution in [3.8, 4) is 0 Å². The lowest BCUT2D eigenvalue weighted by Gasteiger charge is -2.15. The summed E-state index contributed by atoms with van der Waals surface area (Å²) in [4.78, 5) is 4.73. The Balaban J connectivity index is 2.08. The molecular weight excluding hydrogens is 216 g/mol. The average molecular weight is 238 g/mol. The summed E-state index contributed by atoms with van der Waals surface area (Å²) in [5.74, 6) is 1.19. The van der Waals surface area contributed by atoms with E-state index >= 15 is 0 Å². The van der Waals surface area contributed by atoms with Crippen molar-refractivity contribution in [2.24, 2.45) is 17.1 Å². The van der Waals surface area contributed by atoms with Gasteiger partial charge in [0.1, 0.15) is 0 Å². The number of rotatable bonds is 4. The number of nitrogens with zero attached hydrogens (tertiary/aromatic N) is 1. The molecule has 0 saturated heterocycles. The van der Waals surface area contributed by atoms with Gasteiger partial charge in [-0.1, -0.05) is 34.1 Å². The molecule has 1 aromatic rings. The summed E-state index contributed by atoms with van der Waals surface area (Å²) in [5.41, 5.74) is 7.76. The third kappa shape index (κ3) is 2.16. The van der Waals surface area contributed by atoms with Gasteiger partial charge in [-0.25, -0.2) is 4.98 Å². The van der Waals surface area contributed by atoms with Crippen molar-refractivity contribution in [3.63, 3.8) is 0 Å². The van der Waals surface area contributed by atoms with Crippen LogP contribution in [-0.2, 0) is 0 Å². The fourth-order valence-electron chi connectivity index (χ4n) is 2.05.